The van der Waals surface area contributed by atoms with Crippen molar-refractivity contribution in [1.29, 1.82) is 0 Å². The number of benzene rings is 1. The van der Waals surface area contributed by atoms with E-state index in [1.807, 2.05) is 18.2 Å². The van der Waals surface area contributed by atoms with Crippen LogP contribution in [0.4, 0.5) is 0 Å². The van der Waals surface area contributed by atoms with Crippen molar-refractivity contribution in [3.8, 4) is 11.5 Å². The van der Waals surface area contributed by atoms with Crippen LogP contribution in [0, 0.1) is 0 Å². The van der Waals surface area contributed by atoms with Gasteiger partial charge in [0.15, 0.2) is 19.8 Å². The van der Waals surface area contributed by atoms with E-state index in [2.05, 4.69) is 33.9 Å². The van der Waals surface area contributed by atoms with E-state index in [9.17, 15) is 0 Å². The molecule has 0 saturated heterocycles. The zero-order chi connectivity index (χ0) is 15.0. The molecule has 0 fully saturated rings. The van der Waals surface area contributed by atoms with E-state index in [0.717, 1.165) is 17.1 Å². The van der Waals surface area contributed by atoms with Gasteiger partial charge >= 0.3 is 0 Å². The van der Waals surface area contributed by atoms with Crippen LogP contribution in [0.2, 0.25) is 18.1 Å². The Morgan fingerprint density at radius 3 is 2.65 bits per heavy atom. The van der Waals surface area contributed by atoms with Crippen molar-refractivity contribution >= 4 is 8.32 Å². The Morgan fingerprint density at radius 1 is 1.30 bits per heavy atom. The third-order valence-corrected chi connectivity index (χ3v) is 8.76. The second-order valence-electron chi connectivity index (χ2n) is 6.76. The lowest BCUT2D eigenvalue weighted by molar-refractivity contribution is 0.172. The fourth-order valence-corrected chi connectivity index (χ4v) is 2.88. The Morgan fingerprint density at radius 2 is 2.00 bits per heavy atom. The zero-order valence-electron chi connectivity index (χ0n) is 13.0. The first-order chi connectivity index (χ1) is 9.22. The van der Waals surface area contributed by atoms with Crippen LogP contribution in [0.1, 0.15) is 32.4 Å². The summed E-state index contributed by atoms with van der Waals surface area (Å²) in [5, 5.41) is 0.185. The van der Waals surface area contributed by atoms with E-state index in [1.54, 1.807) is 0 Å². The first-order valence-corrected chi connectivity index (χ1v) is 9.91. The summed E-state index contributed by atoms with van der Waals surface area (Å²) in [6, 6.07) is 5.62. The smallest absolute Gasteiger partial charge is 0.231 e. The van der Waals surface area contributed by atoms with Crippen LogP contribution in [0.5, 0.6) is 11.5 Å². The second-order valence-corrected chi connectivity index (χ2v) is 11.6. The average Bonchev–Trinajstić information content (AvgIpc) is 2.82. The average molecular weight is 295 g/mol. The molecule has 1 atom stereocenters. The van der Waals surface area contributed by atoms with Gasteiger partial charge in [-0.2, -0.15) is 0 Å². The summed E-state index contributed by atoms with van der Waals surface area (Å²) in [4.78, 5) is 0. The van der Waals surface area contributed by atoms with Crippen molar-refractivity contribution in [2.45, 2.75) is 44.9 Å². The van der Waals surface area contributed by atoms with E-state index >= 15 is 0 Å². The Labute approximate surface area is 122 Å². The van der Waals surface area contributed by atoms with Crippen LogP contribution in [-0.4, -0.2) is 21.7 Å². The second kappa shape index (κ2) is 5.39. The predicted molar refractivity (Wildman–Crippen MR) is 82.6 cm³/mol. The van der Waals surface area contributed by atoms with E-state index in [0.29, 0.717) is 6.61 Å². The molecule has 1 heterocycles. The topological polar surface area (TPSA) is 53.7 Å². The summed E-state index contributed by atoms with van der Waals surface area (Å²) in [6.07, 6.45) is 0. The molecule has 112 valence electrons. The minimum atomic E-state index is -1.78. The highest BCUT2D eigenvalue weighted by Gasteiger charge is 2.37. The van der Waals surface area contributed by atoms with Gasteiger partial charge in [-0.1, -0.05) is 32.9 Å². The highest BCUT2D eigenvalue weighted by Crippen LogP contribution is 2.40. The highest BCUT2D eigenvalue weighted by atomic mass is 28.4. The molecule has 0 spiro atoms. The van der Waals surface area contributed by atoms with E-state index in [-0.39, 0.29) is 17.9 Å². The first-order valence-electron chi connectivity index (χ1n) is 7.00. The summed E-state index contributed by atoms with van der Waals surface area (Å²) < 4.78 is 17.1. The number of hydrogen-bond acceptors (Lipinski definition) is 4. The molecule has 1 aromatic rings. The number of hydrogen-bond donors (Lipinski definition) is 1. The molecule has 0 bridgehead atoms. The van der Waals surface area contributed by atoms with Gasteiger partial charge in [-0.15, -0.1) is 0 Å². The summed E-state index contributed by atoms with van der Waals surface area (Å²) in [6.45, 7) is 11.9. The molecule has 0 radical (unpaired) electrons. The number of para-hydroxylation sites is 1. The quantitative estimate of drug-likeness (QED) is 0.865. The van der Waals surface area contributed by atoms with Gasteiger partial charge < -0.3 is 19.6 Å². The van der Waals surface area contributed by atoms with Crippen LogP contribution >= 0.6 is 0 Å². The van der Waals surface area contributed by atoms with Gasteiger partial charge in [-0.25, -0.2) is 0 Å². The van der Waals surface area contributed by atoms with Crippen molar-refractivity contribution < 1.29 is 13.9 Å². The van der Waals surface area contributed by atoms with Gasteiger partial charge in [0.2, 0.25) is 6.79 Å². The van der Waals surface area contributed by atoms with Crippen molar-refractivity contribution in [1.82, 2.24) is 0 Å². The van der Waals surface area contributed by atoms with E-state index < -0.39 is 8.32 Å². The van der Waals surface area contributed by atoms with Gasteiger partial charge in [-0.05, 0) is 24.2 Å². The number of fused-ring (bicyclic) bond motifs is 1. The minimum absolute atomic E-state index is 0.185. The Balaban J connectivity index is 2.07. The lowest BCUT2D eigenvalue weighted by Gasteiger charge is -2.37. The van der Waals surface area contributed by atoms with Crippen LogP contribution in [0.3, 0.4) is 0 Å². The van der Waals surface area contributed by atoms with Crippen LogP contribution < -0.4 is 15.2 Å². The fourth-order valence-electron chi connectivity index (χ4n) is 1.85. The molecule has 1 aliphatic heterocycles. The Kier molecular flexibility index (Phi) is 4.13. The van der Waals surface area contributed by atoms with Gasteiger partial charge in [0.1, 0.15) is 0 Å². The van der Waals surface area contributed by atoms with Gasteiger partial charge in [0.05, 0.1) is 12.6 Å². The van der Waals surface area contributed by atoms with Crippen LogP contribution in [0.25, 0.3) is 0 Å². The fraction of sp³-hybridized carbons (Fsp3) is 0.600. The summed E-state index contributed by atoms with van der Waals surface area (Å²) in [5.41, 5.74) is 7.24. The first kappa shape index (κ1) is 15.3. The molecule has 20 heavy (non-hydrogen) atoms. The van der Waals surface area contributed by atoms with E-state index in [1.165, 1.54) is 0 Å². The van der Waals surface area contributed by atoms with Crippen molar-refractivity contribution in [3.05, 3.63) is 23.8 Å². The van der Waals surface area contributed by atoms with Gasteiger partial charge in [-0.3, -0.25) is 0 Å². The van der Waals surface area contributed by atoms with Crippen LogP contribution in [0.15, 0.2) is 18.2 Å². The van der Waals surface area contributed by atoms with Crippen molar-refractivity contribution in [2.24, 2.45) is 5.73 Å². The highest BCUT2D eigenvalue weighted by molar-refractivity contribution is 6.74. The molecule has 1 aliphatic rings. The lowest BCUT2D eigenvalue weighted by Crippen LogP contribution is -2.42. The van der Waals surface area contributed by atoms with Crippen molar-refractivity contribution in [2.75, 3.05) is 13.4 Å². The zero-order valence-corrected chi connectivity index (χ0v) is 14.0. The maximum absolute atomic E-state index is 6.28. The normalized spacial score (nSPS) is 16.3. The summed E-state index contributed by atoms with van der Waals surface area (Å²) in [7, 11) is -1.78. The maximum Gasteiger partial charge on any atom is 0.231 e. The molecule has 2 N–H and O–H groups in total. The Hall–Kier alpha value is -1.04. The molecule has 0 aliphatic carbocycles. The predicted octanol–water partition coefficient (Wildman–Crippen LogP) is 3.44. The molecule has 4 nitrogen and oxygen atoms in total. The lowest BCUT2D eigenvalue weighted by atomic mass is 10.1. The summed E-state index contributed by atoms with van der Waals surface area (Å²) in [5.74, 6) is 1.53. The molecule has 5 heteroatoms. The Bertz CT molecular complexity index is 482. The molecule has 1 unspecified atom stereocenters. The number of ether oxygens (including phenoxy) is 2. The molecule has 0 aromatic heterocycles. The molecule has 0 amide bonds. The molecule has 0 saturated carbocycles. The van der Waals surface area contributed by atoms with Crippen molar-refractivity contribution in [3.63, 3.8) is 0 Å². The third kappa shape index (κ3) is 3.00. The monoisotopic (exact) mass is 295 g/mol. The standard InChI is InChI=1S/C15H25NO3Si/c1-15(2,3)20(4,5)19-9-12(16)11-7-6-8-13-14(11)18-10-17-13/h6-8,12H,9-10,16H2,1-5H3. The molecular formula is C15H25NO3Si. The maximum atomic E-state index is 6.28. The van der Waals surface area contributed by atoms with E-state index in [4.69, 9.17) is 19.6 Å². The number of nitrogens with two attached hydrogens (primary N) is 1. The largest absolute Gasteiger partial charge is 0.454 e. The van der Waals surface area contributed by atoms with Gasteiger partial charge in [0.25, 0.3) is 0 Å². The summed E-state index contributed by atoms with van der Waals surface area (Å²) >= 11 is 0. The molecule has 2 rings (SSSR count). The SMILES string of the molecule is CC(C)(C)[Si](C)(C)OCC(N)c1cccc2c1OCO2. The molecule has 1 aromatic carbocycles. The molecular weight excluding hydrogens is 270 g/mol. The minimum Gasteiger partial charge on any atom is -0.454 e. The van der Waals surface area contributed by atoms with Crippen LogP contribution in [-0.2, 0) is 4.43 Å². The number of rotatable bonds is 4. The third-order valence-electron chi connectivity index (χ3n) is 4.26. The van der Waals surface area contributed by atoms with Gasteiger partial charge in [0, 0.05) is 5.56 Å².